The van der Waals surface area contributed by atoms with Gasteiger partial charge in [0.25, 0.3) is 11.1 Å². The molecule has 8 heteroatoms. The molecule has 0 atom stereocenters. The average Bonchev–Trinajstić information content (AvgIpc) is 2.91. The summed E-state index contributed by atoms with van der Waals surface area (Å²) in [5.74, 6) is -1.10. The molecule has 0 unspecified atom stereocenters. The van der Waals surface area contributed by atoms with Gasteiger partial charge in [0.15, 0.2) is 0 Å². The van der Waals surface area contributed by atoms with E-state index < -0.39 is 29.4 Å². The van der Waals surface area contributed by atoms with E-state index in [9.17, 15) is 18.8 Å². The summed E-state index contributed by atoms with van der Waals surface area (Å²) in [4.78, 5) is 37.9. The molecular weight excluding hydrogens is 383 g/mol. The number of methoxy groups -OCH3 is 1. The van der Waals surface area contributed by atoms with Crippen molar-refractivity contribution in [3.8, 4) is 5.75 Å². The van der Waals surface area contributed by atoms with Crippen molar-refractivity contribution in [3.63, 3.8) is 0 Å². The van der Waals surface area contributed by atoms with E-state index in [1.54, 1.807) is 31.4 Å². The van der Waals surface area contributed by atoms with Crippen LogP contribution in [-0.2, 0) is 9.59 Å². The molecule has 3 amide bonds. The monoisotopic (exact) mass is 400 g/mol. The summed E-state index contributed by atoms with van der Waals surface area (Å²) in [6.45, 7) is 1.38. The molecule has 1 heterocycles. The van der Waals surface area contributed by atoms with Crippen molar-refractivity contribution in [3.05, 3.63) is 64.3 Å². The number of nitrogens with one attached hydrogen (secondary N) is 1. The number of thioether (sulfide) groups is 1. The van der Waals surface area contributed by atoms with Crippen LogP contribution in [0.2, 0.25) is 0 Å². The maximum atomic E-state index is 13.6. The number of halogens is 1. The second kappa shape index (κ2) is 8.26. The summed E-state index contributed by atoms with van der Waals surface area (Å²) in [6, 6.07) is 11.0. The molecule has 1 aliphatic heterocycles. The number of amides is 3. The highest BCUT2D eigenvalue weighted by atomic mass is 32.2. The molecule has 0 saturated carbocycles. The summed E-state index contributed by atoms with van der Waals surface area (Å²) >= 11 is 0.757. The normalized spacial score (nSPS) is 15.2. The molecule has 6 nitrogen and oxygen atoms in total. The van der Waals surface area contributed by atoms with Crippen LogP contribution in [-0.4, -0.2) is 35.6 Å². The summed E-state index contributed by atoms with van der Waals surface area (Å²) < 4.78 is 18.8. The van der Waals surface area contributed by atoms with Gasteiger partial charge in [-0.25, -0.2) is 4.39 Å². The second-order valence-electron chi connectivity index (χ2n) is 6.02. The highest BCUT2D eigenvalue weighted by Gasteiger charge is 2.36. The Labute approximate surface area is 165 Å². The quantitative estimate of drug-likeness (QED) is 0.773. The Hall–Kier alpha value is -3.13. The van der Waals surface area contributed by atoms with Crippen LogP contribution in [0.25, 0.3) is 6.08 Å². The first-order valence-electron chi connectivity index (χ1n) is 8.33. The molecule has 0 bridgehead atoms. The van der Waals surface area contributed by atoms with Gasteiger partial charge in [-0.05, 0) is 60.2 Å². The fourth-order valence-electron chi connectivity index (χ4n) is 2.67. The number of carbonyl (C=O) groups excluding carboxylic acids is 3. The number of aryl methyl sites for hydroxylation is 1. The molecule has 3 rings (SSSR count). The minimum absolute atomic E-state index is 0.0104. The molecule has 144 valence electrons. The van der Waals surface area contributed by atoms with Crippen LogP contribution in [0.15, 0.2) is 47.4 Å². The first kappa shape index (κ1) is 19.6. The third kappa shape index (κ3) is 4.23. The van der Waals surface area contributed by atoms with E-state index in [4.69, 9.17) is 4.74 Å². The smallest absolute Gasteiger partial charge is 0.294 e. The van der Waals surface area contributed by atoms with Crippen molar-refractivity contribution < 1.29 is 23.5 Å². The SMILES string of the molecule is COc1ccc(/C=C2\SC(=O)N(CC(=O)Nc3ccccc3F)C2=O)cc1C. The lowest BCUT2D eigenvalue weighted by Gasteiger charge is -2.12. The van der Waals surface area contributed by atoms with Gasteiger partial charge in [0, 0.05) is 0 Å². The Bertz CT molecular complexity index is 990. The van der Waals surface area contributed by atoms with Crippen LogP contribution in [0.5, 0.6) is 5.75 Å². The van der Waals surface area contributed by atoms with Crippen LogP contribution < -0.4 is 10.1 Å². The van der Waals surface area contributed by atoms with Crippen LogP contribution in [0.3, 0.4) is 0 Å². The lowest BCUT2D eigenvalue weighted by atomic mass is 10.1. The Morgan fingerprint density at radius 2 is 2.00 bits per heavy atom. The number of benzene rings is 2. The van der Waals surface area contributed by atoms with Crippen molar-refractivity contribution in [2.24, 2.45) is 0 Å². The molecule has 0 spiro atoms. The topological polar surface area (TPSA) is 75.7 Å². The van der Waals surface area contributed by atoms with Crippen molar-refractivity contribution in [1.29, 1.82) is 0 Å². The molecule has 0 aromatic heterocycles. The van der Waals surface area contributed by atoms with Crippen LogP contribution in [0, 0.1) is 12.7 Å². The van der Waals surface area contributed by atoms with Crippen LogP contribution in [0.1, 0.15) is 11.1 Å². The summed E-state index contributed by atoms with van der Waals surface area (Å²) in [5, 5.41) is 1.81. The maximum absolute atomic E-state index is 13.6. The largest absolute Gasteiger partial charge is 0.496 e. The number of hydrogen-bond acceptors (Lipinski definition) is 5. The number of anilines is 1. The van der Waals surface area contributed by atoms with E-state index in [2.05, 4.69) is 5.32 Å². The summed E-state index contributed by atoms with van der Waals surface area (Å²) in [5.41, 5.74) is 1.61. The van der Waals surface area contributed by atoms with E-state index in [1.165, 1.54) is 18.2 Å². The summed E-state index contributed by atoms with van der Waals surface area (Å²) in [7, 11) is 1.57. The Morgan fingerprint density at radius 3 is 2.68 bits per heavy atom. The van der Waals surface area contributed by atoms with Crippen molar-refractivity contribution in [2.45, 2.75) is 6.92 Å². The maximum Gasteiger partial charge on any atom is 0.294 e. The van der Waals surface area contributed by atoms with Gasteiger partial charge >= 0.3 is 0 Å². The van der Waals surface area contributed by atoms with Crippen LogP contribution >= 0.6 is 11.8 Å². The fraction of sp³-hybridized carbons (Fsp3) is 0.150. The lowest BCUT2D eigenvalue weighted by Crippen LogP contribution is -2.36. The molecule has 1 N–H and O–H groups in total. The van der Waals surface area contributed by atoms with Gasteiger partial charge in [0.2, 0.25) is 5.91 Å². The standard InChI is InChI=1S/C20H17FN2O4S/c1-12-9-13(7-8-16(12)27-2)10-17-19(25)23(20(26)28-17)11-18(24)22-15-6-4-3-5-14(15)21/h3-10H,11H2,1-2H3,(H,22,24)/b17-10-. The molecule has 1 fully saturated rings. The predicted molar refractivity (Wildman–Crippen MR) is 105 cm³/mol. The van der Waals surface area contributed by atoms with Crippen molar-refractivity contribution in [2.75, 3.05) is 19.0 Å². The summed E-state index contributed by atoms with van der Waals surface area (Å²) in [6.07, 6.45) is 1.59. The highest BCUT2D eigenvalue weighted by Crippen LogP contribution is 2.32. The van der Waals surface area contributed by atoms with E-state index in [0.717, 1.165) is 33.5 Å². The number of ether oxygens (including phenoxy) is 1. The number of para-hydroxylation sites is 1. The van der Waals surface area contributed by atoms with E-state index in [-0.39, 0.29) is 10.6 Å². The minimum atomic E-state index is -0.658. The van der Waals surface area contributed by atoms with E-state index >= 15 is 0 Å². The molecule has 2 aromatic rings. The molecule has 1 saturated heterocycles. The number of hydrogen-bond donors (Lipinski definition) is 1. The zero-order chi connectivity index (χ0) is 20.3. The number of rotatable bonds is 5. The van der Waals surface area contributed by atoms with Gasteiger partial charge in [-0.2, -0.15) is 0 Å². The Morgan fingerprint density at radius 1 is 1.25 bits per heavy atom. The number of imide groups is 1. The van der Waals surface area contributed by atoms with Crippen molar-refractivity contribution in [1.82, 2.24) is 4.90 Å². The van der Waals surface area contributed by atoms with E-state index in [0.29, 0.717) is 0 Å². The van der Waals surface area contributed by atoms with Gasteiger partial charge in [0.05, 0.1) is 17.7 Å². The zero-order valence-electron chi connectivity index (χ0n) is 15.2. The molecule has 0 radical (unpaired) electrons. The molecular formula is C20H17FN2O4S. The second-order valence-corrected chi connectivity index (χ2v) is 7.02. The number of carbonyl (C=O) groups is 3. The van der Waals surface area contributed by atoms with Gasteiger partial charge in [-0.3, -0.25) is 19.3 Å². The fourth-order valence-corrected chi connectivity index (χ4v) is 3.51. The molecule has 1 aliphatic rings. The van der Waals surface area contributed by atoms with Gasteiger partial charge < -0.3 is 10.1 Å². The Balaban J connectivity index is 1.72. The predicted octanol–water partition coefficient (Wildman–Crippen LogP) is 3.82. The highest BCUT2D eigenvalue weighted by molar-refractivity contribution is 8.18. The molecule has 28 heavy (non-hydrogen) atoms. The first-order chi connectivity index (χ1) is 13.4. The third-order valence-corrected chi connectivity index (χ3v) is 4.95. The van der Waals surface area contributed by atoms with Gasteiger partial charge in [-0.1, -0.05) is 18.2 Å². The van der Waals surface area contributed by atoms with Crippen LogP contribution in [0.4, 0.5) is 14.9 Å². The van der Waals surface area contributed by atoms with Gasteiger partial charge in [-0.15, -0.1) is 0 Å². The zero-order valence-corrected chi connectivity index (χ0v) is 16.0. The Kier molecular flexibility index (Phi) is 5.79. The lowest BCUT2D eigenvalue weighted by molar-refractivity contribution is -0.127. The van der Waals surface area contributed by atoms with Gasteiger partial charge in [0.1, 0.15) is 18.1 Å². The number of nitrogens with zero attached hydrogens (tertiary/aromatic N) is 1. The average molecular weight is 400 g/mol. The first-order valence-corrected chi connectivity index (χ1v) is 9.15. The van der Waals surface area contributed by atoms with Crippen molar-refractivity contribution >= 4 is 40.6 Å². The van der Waals surface area contributed by atoms with E-state index in [1.807, 2.05) is 13.0 Å². The minimum Gasteiger partial charge on any atom is -0.496 e. The molecule has 0 aliphatic carbocycles. The third-order valence-electron chi connectivity index (χ3n) is 4.04. The molecule has 2 aromatic carbocycles.